The Balaban J connectivity index is 1.96. The van der Waals surface area contributed by atoms with Crippen molar-refractivity contribution in [3.05, 3.63) is 0 Å². The Bertz CT molecular complexity index is 431. The number of hydrogen-bond acceptors (Lipinski definition) is 5. The number of carbonyl (C=O) groups excluding carboxylic acids is 3. The summed E-state index contributed by atoms with van der Waals surface area (Å²) in [6, 6.07) is 0.146. The Morgan fingerprint density at radius 2 is 1.64 bits per heavy atom. The van der Waals surface area contributed by atoms with Crippen LogP contribution in [0.25, 0.3) is 0 Å². The van der Waals surface area contributed by atoms with Gasteiger partial charge in [-0.15, -0.1) is 0 Å². The van der Waals surface area contributed by atoms with E-state index in [0.717, 1.165) is 25.7 Å². The molecule has 7 heteroatoms. The maximum atomic E-state index is 11.8. The van der Waals surface area contributed by atoms with Gasteiger partial charge in [0.2, 0.25) is 11.8 Å². The standard InChI is InChI=1S/C18H32N2O5/c1-13(2)18(23)19-8-9-24-10-11-25-12-17(22)20-16-6-4-15(5-7-16)14(3)21/h13,15-16H,4-12H2,1-3H3,(H,19,23)(H,20,22). The number of nitrogens with one attached hydrogen (secondary N) is 2. The van der Waals surface area contributed by atoms with Gasteiger partial charge >= 0.3 is 0 Å². The summed E-state index contributed by atoms with van der Waals surface area (Å²) in [5.41, 5.74) is 0. The van der Waals surface area contributed by atoms with Crippen molar-refractivity contribution in [3.63, 3.8) is 0 Å². The van der Waals surface area contributed by atoms with Crippen molar-refractivity contribution < 1.29 is 23.9 Å². The SMILES string of the molecule is CC(=O)C1CCC(NC(=O)COCCOCCNC(=O)C(C)C)CC1. The minimum Gasteiger partial charge on any atom is -0.377 e. The normalized spacial score (nSPS) is 20.3. The fraction of sp³-hybridized carbons (Fsp3) is 0.833. The van der Waals surface area contributed by atoms with Gasteiger partial charge in [-0.05, 0) is 32.6 Å². The molecule has 0 unspecified atom stereocenters. The molecule has 0 aromatic rings. The second-order valence-corrected chi connectivity index (χ2v) is 6.84. The van der Waals surface area contributed by atoms with Gasteiger partial charge < -0.3 is 20.1 Å². The minimum atomic E-state index is -0.129. The third-order valence-electron chi connectivity index (χ3n) is 4.34. The average molecular weight is 356 g/mol. The first-order chi connectivity index (χ1) is 11.9. The van der Waals surface area contributed by atoms with Gasteiger partial charge in [0.15, 0.2) is 0 Å². The average Bonchev–Trinajstić information content (AvgIpc) is 2.57. The van der Waals surface area contributed by atoms with E-state index in [0.29, 0.717) is 26.4 Å². The van der Waals surface area contributed by atoms with Gasteiger partial charge in [0.25, 0.3) is 0 Å². The molecule has 0 bridgehead atoms. The molecule has 1 rings (SSSR count). The second kappa shape index (κ2) is 12.0. The first kappa shape index (κ1) is 21.6. The third-order valence-corrected chi connectivity index (χ3v) is 4.34. The molecule has 7 nitrogen and oxygen atoms in total. The number of Topliss-reactive ketones (excluding diaryl/α,β-unsaturated/α-hetero) is 1. The summed E-state index contributed by atoms with van der Waals surface area (Å²) < 4.78 is 10.6. The first-order valence-corrected chi connectivity index (χ1v) is 9.13. The van der Waals surface area contributed by atoms with Crippen molar-refractivity contribution in [2.45, 2.75) is 52.5 Å². The monoisotopic (exact) mass is 356 g/mol. The maximum Gasteiger partial charge on any atom is 0.246 e. The molecule has 2 N–H and O–H groups in total. The molecule has 1 saturated carbocycles. The van der Waals surface area contributed by atoms with E-state index in [9.17, 15) is 14.4 Å². The number of ketones is 1. The largest absolute Gasteiger partial charge is 0.377 e. The van der Waals surface area contributed by atoms with E-state index in [-0.39, 0.29) is 42.1 Å². The Kier molecular flexibility index (Phi) is 10.3. The molecule has 0 atom stereocenters. The minimum absolute atomic E-state index is 0.00820. The van der Waals surface area contributed by atoms with Crippen molar-refractivity contribution in [1.82, 2.24) is 10.6 Å². The van der Waals surface area contributed by atoms with E-state index in [4.69, 9.17) is 9.47 Å². The molecule has 0 saturated heterocycles. The van der Waals surface area contributed by atoms with Crippen LogP contribution in [0.15, 0.2) is 0 Å². The van der Waals surface area contributed by atoms with E-state index in [1.807, 2.05) is 13.8 Å². The lowest BCUT2D eigenvalue weighted by Gasteiger charge is -2.27. The molecule has 1 aliphatic rings. The van der Waals surface area contributed by atoms with Crippen molar-refractivity contribution in [3.8, 4) is 0 Å². The van der Waals surface area contributed by atoms with Crippen LogP contribution in [0.3, 0.4) is 0 Å². The van der Waals surface area contributed by atoms with Crippen LogP contribution in [0.5, 0.6) is 0 Å². The number of ether oxygens (including phenoxy) is 2. The van der Waals surface area contributed by atoms with Crippen LogP contribution in [0, 0.1) is 11.8 Å². The number of carbonyl (C=O) groups is 3. The molecule has 1 aliphatic carbocycles. The molecule has 0 spiro atoms. The van der Waals surface area contributed by atoms with E-state index in [2.05, 4.69) is 10.6 Å². The zero-order valence-corrected chi connectivity index (χ0v) is 15.6. The van der Waals surface area contributed by atoms with Gasteiger partial charge in [-0.1, -0.05) is 13.8 Å². The molecule has 0 aromatic heterocycles. The Morgan fingerprint density at radius 3 is 2.24 bits per heavy atom. The van der Waals surface area contributed by atoms with Crippen LogP contribution in [-0.4, -0.2) is 56.6 Å². The van der Waals surface area contributed by atoms with Gasteiger partial charge in [0.1, 0.15) is 12.4 Å². The van der Waals surface area contributed by atoms with Crippen LogP contribution in [-0.2, 0) is 23.9 Å². The van der Waals surface area contributed by atoms with E-state index >= 15 is 0 Å². The lowest BCUT2D eigenvalue weighted by molar-refractivity contribution is -0.127. The highest BCUT2D eigenvalue weighted by Crippen LogP contribution is 2.24. The predicted octanol–water partition coefficient (Wildman–Crippen LogP) is 1.06. The fourth-order valence-corrected chi connectivity index (χ4v) is 2.75. The molecule has 0 aromatic carbocycles. The van der Waals surface area contributed by atoms with E-state index in [1.165, 1.54) is 0 Å². The highest BCUT2D eigenvalue weighted by Gasteiger charge is 2.24. The molecule has 1 fully saturated rings. The summed E-state index contributed by atoms with van der Waals surface area (Å²) in [6.45, 7) is 6.94. The summed E-state index contributed by atoms with van der Waals surface area (Å²) in [6.07, 6.45) is 3.40. The maximum absolute atomic E-state index is 11.8. The number of rotatable bonds is 11. The zero-order chi connectivity index (χ0) is 18.7. The Labute approximate surface area is 150 Å². The van der Waals surface area contributed by atoms with E-state index < -0.39 is 0 Å². The summed E-state index contributed by atoms with van der Waals surface area (Å²) >= 11 is 0. The van der Waals surface area contributed by atoms with Gasteiger partial charge in [-0.3, -0.25) is 14.4 Å². The molecular weight excluding hydrogens is 324 g/mol. The molecule has 144 valence electrons. The van der Waals surface area contributed by atoms with Crippen LogP contribution in [0.2, 0.25) is 0 Å². The van der Waals surface area contributed by atoms with Gasteiger partial charge in [-0.25, -0.2) is 0 Å². The second-order valence-electron chi connectivity index (χ2n) is 6.84. The lowest BCUT2D eigenvalue weighted by Crippen LogP contribution is -2.40. The van der Waals surface area contributed by atoms with Gasteiger partial charge in [-0.2, -0.15) is 0 Å². The van der Waals surface area contributed by atoms with Crippen LogP contribution >= 0.6 is 0 Å². The number of hydrogen-bond donors (Lipinski definition) is 2. The van der Waals surface area contributed by atoms with Crippen LogP contribution in [0.1, 0.15) is 46.5 Å². The summed E-state index contributed by atoms with van der Waals surface area (Å²) in [7, 11) is 0. The Hall–Kier alpha value is -1.47. The zero-order valence-electron chi connectivity index (χ0n) is 15.6. The summed E-state index contributed by atoms with van der Waals surface area (Å²) in [5.74, 6) is 0.257. The summed E-state index contributed by atoms with van der Waals surface area (Å²) in [5, 5.41) is 5.71. The quantitative estimate of drug-likeness (QED) is 0.540. The highest BCUT2D eigenvalue weighted by molar-refractivity contribution is 5.79. The lowest BCUT2D eigenvalue weighted by atomic mass is 9.84. The molecule has 25 heavy (non-hydrogen) atoms. The molecule has 2 amide bonds. The molecule has 0 radical (unpaired) electrons. The smallest absolute Gasteiger partial charge is 0.246 e. The summed E-state index contributed by atoms with van der Waals surface area (Å²) in [4.78, 5) is 34.4. The first-order valence-electron chi connectivity index (χ1n) is 9.13. The molecule has 0 aliphatic heterocycles. The number of amides is 2. The van der Waals surface area contributed by atoms with Crippen molar-refractivity contribution in [1.29, 1.82) is 0 Å². The predicted molar refractivity (Wildman–Crippen MR) is 94.1 cm³/mol. The van der Waals surface area contributed by atoms with Crippen molar-refractivity contribution >= 4 is 17.6 Å². The molecule has 0 heterocycles. The van der Waals surface area contributed by atoms with Crippen molar-refractivity contribution in [2.75, 3.05) is 33.0 Å². The van der Waals surface area contributed by atoms with Crippen LogP contribution < -0.4 is 10.6 Å². The molecular formula is C18H32N2O5. The van der Waals surface area contributed by atoms with E-state index in [1.54, 1.807) is 6.92 Å². The highest BCUT2D eigenvalue weighted by atomic mass is 16.5. The van der Waals surface area contributed by atoms with Gasteiger partial charge in [0.05, 0.1) is 19.8 Å². The van der Waals surface area contributed by atoms with Crippen LogP contribution in [0.4, 0.5) is 0 Å². The van der Waals surface area contributed by atoms with Crippen molar-refractivity contribution in [2.24, 2.45) is 11.8 Å². The fourth-order valence-electron chi connectivity index (χ4n) is 2.75. The topological polar surface area (TPSA) is 93.7 Å². The van der Waals surface area contributed by atoms with Gasteiger partial charge in [0, 0.05) is 24.4 Å². The third kappa shape index (κ3) is 9.55. The Morgan fingerprint density at radius 1 is 1.00 bits per heavy atom.